The van der Waals surface area contributed by atoms with Crippen LogP contribution in [0.15, 0.2) is 32.0 Å². The molecule has 0 aliphatic carbocycles. The molecule has 0 fully saturated rings. The van der Waals surface area contributed by atoms with Gasteiger partial charge >= 0.3 is 0 Å². The van der Waals surface area contributed by atoms with Crippen molar-refractivity contribution in [1.82, 2.24) is 5.32 Å². The molecular formula is C11H12BrNOS. The summed E-state index contributed by atoms with van der Waals surface area (Å²) < 4.78 is 6.64. The summed E-state index contributed by atoms with van der Waals surface area (Å²) in [6.07, 6.45) is 1.73. The van der Waals surface area contributed by atoms with Gasteiger partial charge in [0.15, 0.2) is 0 Å². The Hall–Kier alpha value is -0.580. The molecule has 4 heteroatoms. The third-order valence-corrected chi connectivity index (χ3v) is 4.16. The second-order valence-electron chi connectivity index (χ2n) is 3.36. The molecule has 1 unspecified atom stereocenters. The van der Waals surface area contributed by atoms with Gasteiger partial charge in [-0.05, 0) is 46.9 Å². The van der Waals surface area contributed by atoms with Crippen molar-refractivity contribution in [2.24, 2.45) is 0 Å². The van der Waals surface area contributed by atoms with E-state index in [1.54, 1.807) is 17.6 Å². The zero-order chi connectivity index (χ0) is 10.8. The normalized spacial score (nSPS) is 13.0. The van der Waals surface area contributed by atoms with E-state index in [1.807, 2.05) is 13.1 Å². The number of thiophene rings is 1. The number of aryl methyl sites for hydroxylation is 1. The van der Waals surface area contributed by atoms with Crippen LogP contribution in [0.1, 0.15) is 22.9 Å². The molecule has 0 saturated heterocycles. The van der Waals surface area contributed by atoms with Crippen LogP contribution in [-0.2, 0) is 0 Å². The third-order valence-electron chi connectivity index (χ3n) is 2.41. The molecule has 0 amide bonds. The first-order chi connectivity index (χ1) is 7.24. The Balaban J connectivity index is 2.41. The van der Waals surface area contributed by atoms with E-state index in [2.05, 4.69) is 38.9 Å². The van der Waals surface area contributed by atoms with Gasteiger partial charge in [0.1, 0.15) is 5.76 Å². The highest BCUT2D eigenvalue weighted by Gasteiger charge is 2.20. The fourth-order valence-corrected chi connectivity index (χ4v) is 3.16. The van der Waals surface area contributed by atoms with Crippen molar-refractivity contribution in [1.29, 1.82) is 0 Å². The number of rotatable bonds is 3. The molecule has 2 aromatic heterocycles. The number of hydrogen-bond acceptors (Lipinski definition) is 3. The molecule has 0 radical (unpaired) electrons. The first-order valence-electron chi connectivity index (χ1n) is 4.67. The first-order valence-corrected chi connectivity index (χ1v) is 6.40. The molecule has 0 bridgehead atoms. The molecule has 0 aliphatic heterocycles. The highest BCUT2D eigenvalue weighted by molar-refractivity contribution is 9.10. The van der Waals surface area contributed by atoms with Crippen LogP contribution in [0, 0.1) is 6.92 Å². The Bertz CT molecular complexity index is 409. The Kier molecular flexibility index (Phi) is 3.29. The molecule has 1 atom stereocenters. The van der Waals surface area contributed by atoms with E-state index in [4.69, 9.17) is 4.42 Å². The van der Waals surface area contributed by atoms with Crippen LogP contribution in [0.5, 0.6) is 0 Å². The molecule has 2 nitrogen and oxygen atoms in total. The van der Waals surface area contributed by atoms with E-state index in [9.17, 15) is 0 Å². The maximum atomic E-state index is 5.52. The van der Waals surface area contributed by atoms with Gasteiger partial charge in [0.25, 0.3) is 0 Å². The monoisotopic (exact) mass is 285 g/mol. The van der Waals surface area contributed by atoms with Gasteiger partial charge in [0.2, 0.25) is 0 Å². The number of nitrogens with one attached hydrogen (secondary N) is 1. The van der Waals surface area contributed by atoms with E-state index >= 15 is 0 Å². The van der Waals surface area contributed by atoms with E-state index in [0.717, 1.165) is 10.2 Å². The number of hydrogen-bond donors (Lipinski definition) is 1. The quantitative estimate of drug-likeness (QED) is 0.930. The van der Waals surface area contributed by atoms with Gasteiger partial charge in [-0.25, -0.2) is 0 Å². The Morgan fingerprint density at radius 2 is 2.27 bits per heavy atom. The lowest BCUT2D eigenvalue weighted by molar-refractivity contribution is 0.460. The predicted octanol–water partition coefficient (Wildman–Crippen LogP) is 3.72. The van der Waals surface area contributed by atoms with Crippen LogP contribution >= 0.6 is 27.3 Å². The zero-order valence-corrected chi connectivity index (χ0v) is 11.0. The van der Waals surface area contributed by atoms with Crippen molar-refractivity contribution < 1.29 is 4.42 Å². The highest BCUT2D eigenvalue weighted by Crippen LogP contribution is 2.32. The van der Waals surface area contributed by atoms with Crippen LogP contribution in [-0.4, -0.2) is 7.05 Å². The summed E-state index contributed by atoms with van der Waals surface area (Å²) in [5.41, 5.74) is 2.40. The van der Waals surface area contributed by atoms with Gasteiger partial charge < -0.3 is 9.73 Å². The van der Waals surface area contributed by atoms with Crippen molar-refractivity contribution in [3.63, 3.8) is 0 Å². The van der Waals surface area contributed by atoms with Crippen molar-refractivity contribution in [3.05, 3.63) is 44.4 Å². The van der Waals surface area contributed by atoms with Gasteiger partial charge in [-0.15, -0.1) is 0 Å². The number of furan rings is 1. The van der Waals surface area contributed by atoms with E-state index in [-0.39, 0.29) is 6.04 Å². The summed E-state index contributed by atoms with van der Waals surface area (Å²) in [4.78, 5) is 0. The lowest BCUT2D eigenvalue weighted by atomic mass is 10.1. The van der Waals surface area contributed by atoms with Crippen LogP contribution in [0.3, 0.4) is 0 Å². The topological polar surface area (TPSA) is 25.2 Å². The van der Waals surface area contributed by atoms with Gasteiger partial charge in [-0.2, -0.15) is 11.3 Å². The van der Waals surface area contributed by atoms with Crippen LogP contribution in [0.25, 0.3) is 0 Å². The minimum absolute atomic E-state index is 0.126. The summed E-state index contributed by atoms with van der Waals surface area (Å²) in [6, 6.07) is 2.11. The molecule has 2 rings (SSSR count). The molecule has 0 aliphatic rings. The fraction of sp³-hybridized carbons (Fsp3) is 0.273. The van der Waals surface area contributed by atoms with Crippen LogP contribution in [0.4, 0.5) is 0 Å². The Labute approximate surface area is 101 Å². The third kappa shape index (κ3) is 2.02. The van der Waals surface area contributed by atoms with Gasteiger partial charge in [0, 0.05) is 15.4 Å². The second kappa shape index (κ2) is 4.51. The molecule has 2 aromatic rings. The summed E-state index contributed by atoms with van der Waals surface area (Å²) in [6.45, 7) is 2.06. The zero-order valence-electron chi connectivity index (χ0n) is 8.58. The minimum Gasteiger partial charge on any atom is -0.467 e. The van der Waals surface area contributed by atoms with E-state index in [0.29, 0.717) is 0 Å². The predicted molar refractivity (Wildman–Crippen MR) is 66.4 cm³/mol. The molecule has 0 spiro atoms. The first kappa shape index (κ1) is 10.9. The van der Waals surface area contributed by atoms with Crippen LogP contribution in [0.2, 0.25) is 0 Å². The lowest BCUT2D eigenvalue weighted by Crippen LogP contribution is -2.17. The van der Waals surface area contributed by atoms with Crippen molar-refractivity contribution in [2.45, 2.75) is 13.0 Å². The van der Waals surface area contributed by atoms with Gasteiger partial charge in [-0.1, -0.05) is 0 Å². The average Bonchev–Trinajstić information content (AvgIpc) is 2.80. The van der Waals surface area contributed by atoms with E-state index < -0.39 is 0 Å². The fourth-order valence-electron chi connectivity index (χ4n) is 1.61. The van der Waals surface area contributed by atoms with Gasteiger partial charge in [-0.3, -0.25) is 0 Å². The number of halogens is 1. The summed E-state index contributed by atoms with van der Waals surface area (Å²) in [5, 5.41) is 7.48. The standard InChI is InChI=1S/C11H12BrNOS/c1-7-3-4-14-11(7)10(13-2)8-5-15-6-9(8)12/h3-6,10,13H,1-2H3. The molecule has 0 saturated carbocycles. The summed E-state index contributed by atoms with van der Waals surface area (Å²) >= 11 is 5.23. The minimum atomic E-state index is 0.126. The van der Waals surface area contributed by atoms with Crippen LogP contribution < -0.4 is 5.32 Å². The summed E-state index contributed by atoms with van der Waals surface area (Å²) in [7, 11) is 1.94. The average molecular weight is 286 g/mol. The highest BCUT2D eigenvalue weighted by atomic mass is 79.9. The molecular weight excluding hydrogens is 274 g/mol. The van der Waals surface area contributed by atoms with Crippen molar-refractivity contribution in [2.75, 3.05) is 7.05 Å². The SMILES string of the molecule is CNC(c1cscc1Br)c1occc1C. The van der Waals surface area contributed by atoms with Gasteiger partial charge in [0.05, 0.1) is 12.3 Å². The molecule has 1 N–H and O–H groups in total. The largest absolute Gasteiger partial charge is 0.467 e. The molecule has 2 heterocycles. The van der Waals surface area contributed by atoms with E-state index in [1.165, 1.54) is 11.1 Å². The maximum Gasteiger partial charge on any atom is 0.128 e. The molecule has 15 heavy (non-hydrogen) atoms. The second-order valence-corrected chi connectivity index (χ2v) is 4.96. The smallest absolute Gasteiger partial charge is 0.128 e. The molecule has 80 valence electrons. The Morgan fingerprint density at radius 3 is 2.73 bits per heavy atom. The van der Waals surface area contributed by atoms with Crippen molar-refractivity contribution in [3.8, 4) is 0 Å². The Morgan fingerprint density at radius 1 is 1.47 bits per heavy atom. The lowest BCUT2D eigenvalue weighted by Gasteiger charge is -2.14. The van der Waals surface area contributed by atoms with Crippen molar-refractivity contribution >= 4 is 27.3 Å². The molecule has 0 aromatic carbocycles. The summed E-state index contributed by atoms with van der Waals surface area (Å²) in [5.74, 6) is 0.983. The maximum absolute atomic E-state index is 5.52.